The van der Waals surface area contributed by atoms with Gasteiger partial charge in [-0.15, -0.1) is 0 Å². The van der Waals surface area contributed by atoms with Gasteiger partial charge in [0.15, 0.2) is 6.10 Å². The number of unbranched alkanes of at least 4 members (excludes halogenated alkanes) is 39. The van der Waals surface area contributed by atoms with Crippen LogP contribution in [0.25, 0.3) is 0 Å². The number of hydrogen-bond acceptors (Lipinski definition) is 6. The molecule has 0 spiro atoms. The molecule has 0 radical (unpaired) electrons. The van der Waals surface area contributed by atoms with Crippen LogP contribution in [0.3, 0.4) is 0 Å². The monoisotopic (exact) mass is 889 g/mol. The van der Waals surface area contributed by atoms with Gasteiger partial charge < -0.3 is 14.2 Å². The quantitative estimate of drug-likeness (QED) is 0.0262. The van der Waals surface area contributed by atoms with Crippen molar-refractivity contribution in [3.63, 3.8) is 0 Å². The Kier molecular flexibility index (Phi) is 51.2. The average Bonchev–Trinajstić information content (AvgIpc) is 3.28. The minimum atomic E-state index is -0.765. The molecule has 0 aliphatic heterocycles. The van der Waals surface area contributed by atoms with Crippen molar-refractivity contribution in [1.82, 2.24) is 0 Å². The van der Waals surface area contributed by atoms with Gasteiger partial charge >= 0.3 is 17.9 Å². The zero-order chi connectivity index (χ0) is 45.8. The smallest absolute Gasteiger partial charge is 0.306 e. The highest BCUT2D eigenvalue weighted by molar-refractivity contribution is 5.71. The summed E-state index contributed by atoms with van der Waals surface area (Å²) >= 11 is 0. The van der Waals surface area contributed by atoms with Gasteiger partial charge in [-0.05, 0) is 44.9 Å². The Morgan fingerprint density at radius 2 is 0.524 bits per heavy atom. The maximum Gasteiger partial charge on any atom is 0.306 e. The molecular weight excluding hydrogens is 781 g/mol. The highest BCUT2D eigenvalue weighted by atomic mass is 16.6. The molecule has 1 atom stereocenters. The molecule has 0 bridgehead atoms. The van der Waals surface area contributed by atoms with Crippen LogP contribution >= 0.6 is 0 Å². The average molecular weight is 889 g/mol. The molecule has 6 nitrogen and oxygen atoms in total. The lowest BCUT2D eigenvalue weighted by Crippen LogP contribution is -2.30. The fourth-order valence-corrected chi connectivity index (χ4v) is 8.50. The van der Waals surface area contributed by atoms with Gasteiger partial charge in [-0.2, -0.15) is 0 Å². The summed E-state index contributed by atoms with van der Waals surface area (Å²) in [6.07, 6.45) is 59.3. The second-order valence-corrected chi connectivity index (χ2v) is 19.2. The van der Waals surface area contributed by atoms with E-state index in [2.05, 4.69) is 32.9 Å². The Labute approximate surface area is 392 Å². The first-order chi connectivity index (χ1) is 31.0. The highest BCUT2D eigenvalue weighted by Gasteiger charge is 2.19. The summed E-state index contributed by atoms with van der Waals surface area (Å²) in [4.78, 5) is 37.9. The normalized spacial score (nSPS) is 12.0. The van der Waals surface area contributed by atoms with E-state index in [-0.39, 0.29) is 31.1 Å². The highest BCUT2D eigenvalue weighted by Crippen LogP contribution is 2.17. The van der Waals surface area contributed by atoms with Crippen LogP contribution in [0.15, 0.2) is 12.2 Å². The summed E-state index contributed by atoms with van der Waals surface area (Å²) in [6, 6.07) is 0. The van der Waals surface area contributed by atoms with Gasteiger partial charge in [0.05, 0.1) is 0 Å². The number of rotatable bonds is 52. The Morgan fingerprint density at radius 1 is 0.302 bits per heavy atom. The fourth-order valence-electron chi connectivity index (χ4n) is 8.50. The minimum absolute atomic E-state index is 0.0664. The summed E-state index contributed by atoms with van der Waals surface area (Å²) in [5.41, 5.74) is 0. The first kappa shape index (κ1) is 61.1. The first-order valence-corrected chi connectivity index (χ1v) is 28.2. The number of ether oxygens (including phenoxy) is 3. The maximum absolute atomic E-state index is 12.8. The second kappa shape index (κ2) is 52.8. The number of hydrogen-bond donors (Lipinski definition) is 0. The van der Waals surface area contributed by atoms with Crippen LogP contribution in [-0.2, 0) is 28.6 Å². The van der Waals surface area contributed by atoms with Gasteiger partial charge in [0.25, 0.3) is 0 Å². The number of allylic oxidation sites excluding steroid dienone is 2. The van der Waals surface area contributed by atoms with Crippen LogP contribution in [0.2, 0.25) is 0 Å². The Bertz CT molecular complexity index is 978. The molecule has 0 aromatic carbocycles. The Morgan fingerprint density at radius 3 is 0.794 bits per heavy atom. The van der Waals surface area contributed by atoms with Gasteiger partial charge in [-0.1, -0.05) is 264 Å². The summed E-state index contributed by atoms with van der Waals surface area (Å²) in [5, 5.41) is 0. The van der Waals surface area contributed by atoms with E-state index in [0.717, 1.165) is 57.8 Å². The molecule has 1 unspecified atom stereocenters. The van der Waals surface area contributed by atoms with Crippen molar-refractivity contribution in [3.8, 4) is 0 Å². The van der Waals surface area contributed by atoms with Crippen molar-refractivity contribution in [2.45, 2.75) is 322 Å². The SMILES string of the molecule is CCCCCCCC/C=C\CCCCCCCCCC(=O)OC(COC(=O)CCCCCCCCCC)COC(=O)CCCCCCCCCCCCCCCCCCCCCC. The third-order valence-electron chi connectivity index (χ3n) is 12.8. The topological polar surface area (TPSA) is 78.9 Å². The second-order valence-electron chi connectivity index (χ2n) is 19.2. The van der Waals surface area contributed by atoms with E-state index in [1.54, 1.807) is 0 Å². The molecule has 6 heteroatoms. The molecule has 0 aliphatic carbocycles. The van der Waals surface area contributed by atoms with Crippen LogP contribution in [0.1, 0.15) is 316 Å². The predicted octanol–water partition coefficient (Wildman–Crippen LogP) is 18.5. The Balaban J connectivity index is 4.19. The molecular formula is C57H108O6. The van der Waals surface area contributed by atoms with Gasteiger partial charge in [0, 0.05) is 19.3 Å². The van der Waals surface area contributed by atoms with E-state index in [4.69, 9.17) is 14.2 Å². The van der Waals surface area contributed by atoms with Crippen molar-refractivity contribution >= 4 is 17.9 Å². The fraction of sp³-hybridized carbons (Fsp3) is 0.912. The number of esters is 3. The number of carbonyl (C=O) groups is 3. The van der Waals surface area contributed by atoms with Crippen molar-refractivity contribution in [3.05, 3.63) is 12.2 Å². The van der Waals surface area contributed by atoms with Crippen molar-refractivity contribution in [1.29, 1.82) is 0 Å². The van der Waals surface area contributed by atoms with E-state index < -0.39 is 6.10 Å². The third-order valence-corrected chi connectivity index (χ3v) is 12.8. The molecule has 0 heterocycles. The van der Waals surface area contributed by atoms with E-state index >= 15 is 0 Å². The number of carbonyl (C=O) groups excluding carboxylic acids is 3. The van der Waals surface area contributed by atoms with Gasteiger partial charge in [0.1, 0.15) is 13.2 Å². The van der Waals surface area contributed by atoms with Crippen LogP contribution in [-0.4, -0.2) is 37.2 Å². The first-order valence-electron chi connectivity index (χ1n) is 28.2. The lowest BCUT2D eigenvalue weighted by atomic mass is 10.0. The standard InChI is InChI=1S/C57H108O6/c1-4-7-10-13-16-19-21-23-25-27-28-29-31-32-34-36-38-41-44-47-50-56(59)62-53-54(52-61-55(58)49-46-43-40-18-15-12-9-6-3)63-57(60)51-48-45-42-39-37-35-33-30-26-24-22-20-17-14-11-8-5-2/h24,26,54H,4-23,25,27-53H2,1-3H3/b26-24-. The third kappa shape index (κ3) is 51.0. The van der Waals surface area contributed by atoms with Crippen molar-refractivity contribution in [2.24, 2.45) is 0 Å². The lowest BCUT2D eigenvalue weighted by molar-refractivity contribution is -0.167. The van der Waals surface area contributed by atoms with Gasteiger partial charge in [-0.25, -0.2) is 0 Å². The minimum Gasteiger partial charge on any atom is -0.462 e. The molecule has 0 saturated heterocycles. The summed E-state index contributed by atoms with van der Waals surface area (Å²) in [7, 11) is 0. The zero-order valence-electron chi connectivity index (χ0n) is 42.6. The molecule has 0 aromatic rings. The maximum atomic E-state index is 12.8. The van der Waals surface area contributed by atoms with E-state index in [9.17, 15) is 14.4 Å². The largest absolute Gasteiger partial charge is 0.462 e. The van der Waals surface area contributed by atoms with E-state index in [1.165, 1.54) is 218 Å². The van der Waals surface area contributed by atoms with Gasteiger partial charge in [0.2, 0.25) is 0 Å². The van der Waals surface area contributed by atoms with Gasteiger partial charge in [-0.3, -0.25) is 14.4 Å². The Hall–Kier alpha value is -1.85. The molecule has 0 N–H and O–H groups in total. The molecule has 0 saturated carbocycles. The molecule has 63 heavy (non-hydrogen) atoms. The molecule has 0 aromatic heterocycles. The van der Waals surface area contributed by atoms with Crippen molar-refractivity contribution < 1.29 is 28.6 Å². The van der Waals surface area contributed by atoms with Crippen LogP contribution in [0, 0.1) is 0 Å². The predicted molar refractivity (Wildman–Crippen MR) is 270 cm³/mol. The summed E-state index contributed by atoms with van der Waals surface area (Å²) in [5.74, 6) is -0.855. The molecule has 0 aliphatic rings. The van der Waals surface area contributed by atoms with E-state index in [1.807, 2.05) is 0 Å². The summed E-state index contributed by atoms with van der Waals surface area (Å²) in [6.45, 7) is 6.65. The molecule has 0 amide bonds. The zero-order valence-corrected chi connectivity index (χ0v) is 42.6. The molecule has 372 valence electrons. The lowest BCUT2D eigenvalue weighted by Gasteiger charge is -2.18. The molecule has 0 fully saturated rings. The summed E-state index contributed by atoms with van der Waals surface area (Å²) < 4.78 is 16.8. The van der Waals surface area contributed by atoms with Crippen LogP contribution in [0.4, 0.5) is 0 Å². The van der Waals surface area contributed by atoms with Crippen LogP contribution in [0.5, 0.6) is 0 Å². The van der Waals surface area contributed by atoms with Crippen molar-refractivity contribution in [2.75, 3.05) is 13.2 Å². The molecule has 0 rings (SSSR count). The van der Waals surface area contributed by atoms with Crippen LogP contribution < -0.4 is 0 Å². The van der Waals surface area contributed by atoms with E-state index in [0.29, 0.717) is 19.3 Å².